The van der Waals surface area contributed by atoms with Crippen LogP contribution >= 0.6 is 0 Å². The predicted octanol–water partition coefficient (Wildman–Crippen LogP) is 1.98. The second kappa shape index (κ2) is 8.44. The summed E-state index contributed by atoms with van der Waals surface area (Å²) in [5, 5.41) is 8.89. The van der Waals surface area contributed by atoms with Crippen LogP contribution in [0.25, 0.3) is 0 Å². The van der Waals surface area contributed by atoms with E-state index in [9.17, 15) is 9.59 Å². The summed E-state index contributed by atoms with van der Waals surface area (Å²) in [5.41, 5.74) is 1.47. The number of amides is 1. The van der Waals surface area contributed by atoms with Crippen molar-refractivity contribution in [1.82, 2.24) is 9.88 Å². The Hall–Kier alpha value is -2.93. The van der Waals surface area contributed by atoms with E-state index in [0.717, 1.165) is 5.56 Å². The van der Waals surface area contributed by atoms with E-state index in [-0.39, 0.29) is 18.9 Å². The second-order valence-corrected chi connectivity index (χ2v) is 6.00. The third-order valence-corrected chi connectivity index (χ3v) is 4.04. The van der Waals surface area contributed by atoms with Gasteiger partial charge in [-0.3, -0.25) is 9.59 Å². The number of nitrogens with zero attached hydrogens (tertiary/aromatic N) is 2. The second-order valence-electron chi connectivity index (χ2n) is 6.00. The van der Waals surface area contributed by atoms with Crippen molar-refractivity contribution in [1.29, 1.82) is 0 Å². The van der Waals surface area contributed by atoms with Gasteiger partial charge in [-0.15, -0.1) is 0 Å². The third kappa shape index (κ3) is 4.80. The van der Waals surface area contributed by atoms with Crippen molar-refractivity contribution in [3.63, 3.8) is 0 Å². The first-order valence-electron chi connectivity index (χ1n) is 8.37. The average molecular weight is 356 g/mol. The molecule has 26 heavy (non-hydrogen) atoms. The number of aromatic nitrogens is 1. The van der Waals surface area contributed by atoms with Crippen molar-refractivity contribution in [2.45, 2.75) is 19.1 Å². The van der Waals surface area contributed by atoms with Crippen LogP contribution in [0.2, 0.25) is 0 Å². The molecule has 7 nitrogen and oxygen atoms in total. The van der Waals surface area contributed by atoms with Crippen molar-refractivity contribution in [2.24, 2.45) is 0 Å². The fourth-order valence-corrected chi connectivity index (χ4v) is 2.76. The zero-order valence-electron chi connectivity index (χ0n) is 14.2. The van der Waals surface area contributed by atoms with Gasteiger partial charge in [0.15, 0.2) is 0 Å². The normalized spacial score (nSPS) is 16.9. The average Bonchev–Trinajstić information content (AvgIpc) is 2.66. The Balaban J connectivity index is 1.63. The zero-order chi connectivity index (χ0) is 18.4. The van der Waals surface area contributed by atoms with E-state index < -0.39 is 12.1 Å². The third-order valence-electron chi connectivity index (χ3n) is 4.04. The largest absolute Gasteiger partial charge is 0.481 e. The van der Waals surface area contributed by atoms with Gasteiger partial charge in [0.2, 0.25) is 5.88 Å². The topological polar surface area (TPSA) is 89.0 Å². The molecular weight excluding hydrogens is 336 g/mol. The molecule has 0 bridgehead atoms. The standard InChI is InChI=1S/C19H20N2O5/c22-18(23)11-16-12-21(8-9-25-16)19(24)15-6-7-20-17(10-15)26-13-14-4-2-1-3-5-14/h1-7,10,16H,8-9,11-13H2,(H,22,23). The lowest BCUT2D eigenvalue weighted by Gasteiger charge is -2.32. The highest BCUT2D eigenvalue weighted by Gasteiger charge is 2.26. The fourth-order valence-electron chi connectivity index (χ4n) is 2.76. The van der Waals surface area contributed by atoms with Crippen LogP contribution in [-0.4, -0.2) is 52.7 Å². The highest BCUT2D eigenvalue weighted by molar-refractivity contribution is 5.94. The van der Waals surface area contributed by atoms with Gasteiger partial charge in [-0.1, -0.05) is 30.3 Å². The van der Waals surface area contributed by atoms with E-state index in [1.807, 2.05) is 30.3 Å². The number of carbonyl (C=O) groups is 2. The first-order chi connectivity index (χ1) is 12.6. The summed E-state index contributed by atoms with van der Waals surface area (Å²) in [7, 11) is 0. The number of rotatable bonds is 6. The molecule has 0 aliphatic carbocycles. The van der Waals surface area contributed by atoms with Gasteiger partial charge in [-0.25, -0.2) is 4.98 Å². The number of hydrogen-bond donors (Lipinski definition) is 1. The van der Waals surface area contributed by atoms with Crippen LogP contribution in [0.15, 0.2) is 48.7 Å². The Morgan fingerprint density at radius 2 is 2.08 bits per heavy atom. The quantitative estimate of drug-likeness (QED) is 0.851. The number of aliphatic carboxylic acids is 1. The molecule has 1 N–H and O–H groups in total. The maximum atomic E-state index is 12.7. The van der Waals surface area contributed by atoms with Gasteiger partial charge < -0.3 is 19.5 Å². The van der Waals surface area contributed by atoms with Crippen molar-refractivity contribution >= 4 is 11.9 Å². The highest BCUT2D eigenvalue weighted by atomic mass is 16.5. The number of benzene rings is 1. The van der Waals surface area contributed by atoms with E-state index in [2.05, 4.69) is 4.98 Å². The summed E-state index contributed by atoms with van der Waals surface area (Å²) in [6, 6.07) is 12.9. The van der Waals surface area contributed by atoms with E-state index in [1.54, 1.807) is 17.0 Å². The minimum atomic E-state index is -0.940. The van der Waals surface area contributed by atoms with Crippen LogP contribution in [0.3, 0.4) is 0 Å². The lowest BCUT2D eigenvalue weighted by Crippen LogP contribution is -2.46. The zero-order valence-corrected chi connectivity index (χ0v) is 14.2. The number of hydrogen-bond acceptors (Lipinski definition) is 5. The first kappa shape index (κ1) is 17.9. The molecular formula is C19H20N2O5. The SMILES string of the molecule is O=C(O)CC1CN(C(=O)c2ccnc(OCc3ccccc3)c2)CCO1. The maximum absolute atomic E-state index is 12.7. The molecule has 1 fully saturated rings. The number of carboxylic acids is 1. The lowest BCUT2D eigenvalue weighted by atomic mass is 10.1. The molecule has 1 aromatic carbocycles. The van der Waals surface area contributed by atoms with Crippen LogP contribution in [0.5, 0.6) is 5.88 Å². The fraction of sp³-hybridized carbons (Fsp3) is 0.316. The molecule has 1 atom stereocenters. The molecule has 7 heteroatoms. The summed E-state index contributed by atoms with van der Waals surface area (Å²) in [6.07, 6.45) is 0.926. The molecule has 0 saturated carbocycles. The van der Waals surface area contributed by atoms with Crippen molar-refractivity contribution in [3.05, 3.63) is 59.8 Å². The molecule has 136 valence electrons. The first-order valence-corrected chi connectivity index (χ1v) is 8.37. The molecule has 0 radical (unpaired) electrons. The Morgan fingerprint density at radius 1 is 1.27 bits per heavy atom. The van der Waals surface area contributed by atoms with E-state index >= 15 is 0 Å². The van der Waals surface area contributed by atoms with E-state index in [4.69, 9.17) is 14.6 Å². The monoisotopic (exact) mass is 356 g/mol. The van der Waals surface area contributed by atoms with Crippen LogP contribution in [-0.2, 0) is 16.1 Å². The minimum absolute atomic E-state index is 0.119. The minimum Gasteiger partial charge on any atom is -0.481 e. The molecule has 0 spiro atoms. The highest BCUT2D eigenvalue weighted by Crippen LogP contribution is 2.16. The molecule has 1 aliphatic heterocycles. The molecule has 1 aromatic heterocycles. The number of ether oxygens (including phenoxy) is 2. The molecule has 1 unspecified atom stereocenters. The summed E-state index contributed by atoms with van der Waals surface area (Å²) >= 11 is 0. The van der Waals surface area contributed by atoms with Gasteiger partial charge in [-0.2, -0.15) is 0 Å². The van der Waals surface area contributed by atoms with Gasteiger partial charge in [0, 0.05) is 30.9 Å². The van der Waals surface area contributed by atoms with Crippen LogP contribution in [0.4, 0.5) is 0 Å². The molecule has 1 saturated heterocycles. The van der Waals surface area contributed by atoms with Gasteiger partial charge in [0.05, 0.1) is 19.1 Å². The van der Waals surface area contributed by atoms with Crippen molar-refractivity contribution in [2.75, 3.05) is 19.7 Å². The van der Waals surface area contributed by atoms with Crippen LogP contribution < -0.4 is 4.74 Å². The van der Waals surface area contributed by atoms with E-state index in [0.29, 0.717) is 31.2 Å². The maximum Gasteiger partial charge on any atom is 0.306 e. The molecule has 1 amide bonds. The smallest absolute Gasteiger partial charge is 0.306 e. The summed E-state index contributed by atoms with van der Waals surface area (Å²) in [5.74, 6) is -0.754. The van der Waals surface area contributed by atoms with Crippen molar-refractivity contribution < 1.29 is 24.2 Å². The Bertz CT molecular complexity index is 766. The number of pyridine rings is 1. The Morgan fingerprint density at radius 3 is 2.85 bits per heavy atom. The number of carbonyl (C=O) groups excluding carboxylic acids is 1. The van der Waals surface area contributed by atoms with Crippen LogP contribution in [0, 0.1) is 0 Å². The van der Waals surface area contributed by atoms with Gasteiger partial charge >= 0.3 is 5.97 Å². The summed E-state index contributed by atoms with van der Waals surface area (Å²) in [6.45, 7) is 1.38. The number of morpholine rings is 1. The predicted molar refractivity (Wildman–Crippen MR) is 92.9 cm³/mol. The molecule has 3 rings (SSSR count). The van der Waals surface area contributed by atoms with E-state index in [1.165, 1.54) is 6.20 Å². The Kier molecular flexibility index (Phi) is 5.80. The summed E-state index contributed by atoms with van der Waals surface area (Å²) in [4.78, 5) is 29.3. The summed E-state index contributed by atoms with van der Waals surface area (Å²) < 4.78 is 11.1. The number of carboxylic acid groups (broad SMARTS) is 1. The molecule has 2 heterocycles. The molecule has 2 aromatic rings. The van der Waals surface area contributed by atoms with Crippen molar-refractivity contribution in [3.8, 4) is 5.88 Å². The van der Waals surface area contributed by atoms with Gasteiger partial charge in [-0.05, 0) is 11.6 Å². The van der Waals surface area contributed by atoms with Crippen LogP contribution in [0.1, 0.15) is 22.3 Å². The van der Waals surface area contributed by atoms with Gasteiger partial charge in [0.1, 0.15) is 6.61 Å². The van der Waals surface area contributed by atoms with Gasteiger partial charge in [0.25, 0.3) is 5.91 Å². The molecule has 1 aliphatic rings. The lowest BCUT2D eigenvalue weighted by molar-refractivity contribution is -0.141. The Labute approximate surface area is 151 Å².